The van der Waals surface area contributed by atoms with Crippen LogP contribution in [-0.4, -0.2) is 31.0 Å². The summed E-state index contributed by atoms with van der Waals surface area (Å²) in [5.41, 5.74) is 0.567. The number of hydrogen-bond acceptors (Lipinski definition) is 7. The van der Waals surface area contributed by atoms with E-state index < -0.39 is 16.9 Å². The van der Waals surface area contributed by atoms with Gasteiger partial charge in [0, 0.05) is 17.7 Å². The smallest absolute Gasteiger partial charge is 0.395 e. The highest BCUT2D eigenvalue weighted by molar-refractivity contribution is 5.50. The molecule has 0 unspecified atom stereocenters. The highest BCUT2D eigenvalue weighted by Gasteiger charge is 2.43. The Kier molecular flexibility index (Phi) is 3.84. The monoisotopic (exact) mass is 391 g/mol. The Balaban J connectivity index is 1.62. The van der Waals surface area contributed by atoms with E-state index in [0.29, 0.717) is 11.1 Å². The lowest BCUT2D eigenvalue weighted by molar-refractivity contribution is -0.385. The quantitative estimate of drug-likeness (QED) is 0.494. The summed E-state index contributed by atoms with van der Waals surface area (Å²) in [5.74, 6) is -0.384. The Labute approximate surface area is 154 Å². The minimum Gasteiger partial charge on any atom is -0.395 e. The van der Waals surface area contributed by atoms with Gasteiger partial charge in [-0.1, -0.05) is 6.07 Å². The van der Waals surface area contributed by atoms with E-state index in [1.165, 1.54) is 30.3 Å². The first kappa shape index (κ1) is 17.6. The summed E-state index contributed by atoms with van der Waals surface area (Å²) in [7, 11) is 0. The predicted octanol–water partition coefficient (Wildman–Crippen LogP) is 2.02. The SMILES string of the molecule is Cc1cc(Cn2nnn(-c3ccc4c(c3)OC(F)(F)O4)c2=O)ccc1[N+](=O)[O-]. The van der Waals surface area contributed by atoms with E-state index in [9.17, 15) is 23.7 Å². The van der Waals surface area contributed by atoms with E-state index in [1.807, 2.05) is 0 Å². The second-order valence-corrected chi connectivity index (χ2v) is 6.01. The molecule has 0 spiro atoms. The highest BCUT2D eigenvalue weighted by Crippen LogP contribution is 2.41. The van der Waals surface area contributed by atoms with Crippen molar-refractivity contribution in [2.75, 3.05) is 0 Å². The van der Waals surface area contributed by atoms with Gasteiger partial charge in [0.05, 0.1) is 17.2 Å². The number of halogens is 2. The van der Waals surface area contributed by atoms with Crippen LogP contribution < -0.4 is 15.2 Å². The van der Waals surface area contributed by atoms with Gasteiger partial charge in [-0.25, -0.2) is 4.79 Å². The summed E-state index contributed by atoms with van der Waals surface area (Å²) >= 11 is 0. The highest BCUT2D eigenvalue weighted by atomic mass is 19.3. The standard InChI is InChI=1S/C16H11F2N5O5/c1-9-6-10(2-4-12(9)23(25)26)8-21-15(24)22(20-19-21)11-3-5-13-14(7-11)28-16(17,18)27-13/h2-7H,8H2,1H3. The molecule has 0 saturated carbocycles. The summed E-state index contributed by atoms with van der Waals surface area (Å²) in [6.45, 7) is 1.62. The van der Waals surface area contributed by atoms with Crippen LogP contribution in [0.1, 0.15) is 11.1 Å². The predicted molar refractivity (Wildman–Crippen MR) is 88.8 cm³/mol. The van der Waals surface area contributed by atoms with E-state index in [4.69, 9.17) is 0 Å². The van der Waals surface area contributed by atoms with Crippen LogP contribution in [0, 0.1) is 17.0 Å². The molecule has 4 rings (SSSR count). The second-order valence-electron chi connectivity index (χ2n) is 6.01. The van der Waals surface area contributed by atoms with Crippen molar-refractivity contribution in [3.05, 3.63) is 68.1 Å². The molecule has 0 bridgehead atoms. The van der Waals surface area contributed by atoms with Gasteiger partial charge < -0.3 is 9.47 Å². The average Bonchev–Trinajstić information content (AvgIpc) is 3.12. The van der Waals surface area contributed by atoms with E-state index in [2.05, 4.69) is 19.9 Å². The topological polar surface area (TPSA) is 114 Å². The number of ether oxygens (including phenoxy) is 2. The minimum absolute atomic E-state index is 0.0281. The molecule has 144 valence electrons. The Morgan fingerprint density at radius 3 is 2.61 bits per heavy atom. The van der Waals surface area contributed by atoms with Crippen LogP contribution in [0.15, 0.2) is 41.2 Å². The molecule has 28 heavy (non-hydrogen) atoms. The fourth-order valence-electron chi connectivity index (χ4n) is 2.80. The van der Waals surface area contributed by atoms with Crippen LogP contribution in [-0.2, 0) is 6.54 Å². The molecule has 2 aromatic carbocycles. The van der Waals surface area contributed by atoms with Crippen LogP contribution in [0.5, 0.6) is 11.5 Å². The average molecular weight is 391 g/mol. The van der Waals surface area contributed by atoms with Crippen molar-refractivity contribution in [3.63, 3.8) is 0 Å². The van der Waals surface area contributed by atoms with Gasteiger partial charge in [0.1, 0.15) is 0 Å². The largest absolute Gasteiger partial charge is 0.586 e. The number of benzene rings is 2. The summed E-state index contributed by atoms with van der Waals surface area (Å²) in [4.78, 5) is 22.9. The zero-order valence-corrected chi connectivity index (χ0v) is 14.2. The molecule has 0 N–H and O–H groups in total. The molecule has 0 aliphatic carbocycles. The van der Waals surface area contributed by atoms with Gasteiger partial charge >= 0.3 is 12.0 Å². The molecule has 10 nitrogen and oxygen atoms in total. The molecule has 0 saturated heterocycles. The number of aromatic nitrogens is 4. The third-order valence-corrected chi connectivity index (χ3v) is 4.06. The van der Waals surface area contributed by atoms with E-state index in [1.54, 1.807) is 13.0 Å². The number of nitro benzene ring substituents is 1. The lowest BCUT2D eigenvalue weighted by Gasteiger charge is -2.04. The number of nitro groups is 1. The Morgan fingerprint density at radius 2 is 1.89 bits per heavy atom. The van der Waals surface area contributed by atoms with Crippen molar-refractivity contribution >= 4 is 5.69 Å². The second kappa shape index (κ2) is 6.11. The maximum atomic E-state index is 13.1. The summed E-state index contributed by atoms with van der Waals surface area (Å²) < 4.78 is 36.9. The first-order valence-corrected chi connectivity index (χ1v) is 7.90. The molecule has 1 aliphatic rings. The van der Waals surface area contributed by atoms with Crippen LogP contribution in [0.2, 0.25) is 0 Å². The van der Waals surface area contributed by atoms with Crippen molar-refractivity contribution in [1.29, 1.82) is 0 Å². The molecule has 0 radical (unpaired) electrons. The Bertz CT molecular complexity index is 1160. The summed E-state index contributed by atoms with van der Waals surface area (Å²) in [6, 6.07) is 8.22. The zero-order chi connectivity index (χ0) is 20.1. The third-order valence-electron chi connectivity index (χ3n) is 4.06. The fraction of sp³-hybridized carbons (Fsp3) is 0.188. The van der Waals surface area contributed by atoms with Crippen molar-refractivity contribution < 1.29 is 23.2 Å². The molecule has 0 amide bonds. The van der Waals surface area contributed by atoms with Gasteiger partial charge in [-0.05, 0) is 41.1 Å². The van der Waals surface area contributed by atoms with Crippen molar-refractivity contribution in [2.24, 2.45) is 0 Å². The number of rotatable bonds is 4. The normalized spacial score (nSPS) is 14.2. The van der Waals surface area contributed by atoms with Crippen molar-refractivity contribution in [1.82, 2.24) is 19.8 Å². The van der Waals surface area contributed by atoms with E-state index >= 15 is 0 Å². The molecular weight excluding hydrogens is 380 g/mol. The first-order valence-electron chi connectivity index (χ1n) is 7.90. The number of alkyl halides is 2. The fourth-order valence-corrected chi connectivity index (χ4v) is 2.80. The minimum atomic E-state index is -3.77. The van der Waals surface area contributed by atoms with Gasteiger partial charge in [-0.3, -0.25) is 10.1 Å². The van der Waals surface area contributed by atoms with Crippen LogP contribution >= 0.6 is 0 Å². The molecular formula is C16H11F2N5O5. The number of aryl methyl sites for hydroxylation is 1. The molecule has 1 aromatic heterocycles. The van der Waals surface area contributed by atoms with Crippen molar-refractivity contribution in [3.8, 4) is 17.2 Å². The maximum absolute atomic E-state index is 13.1. The molecule has 2 heterocycles. The van der Waals surface area contributed by atoms with E-state index in [-0.39, 0.29) is 29.4 Å². The number of hydrogen-bond donors (Lipinski definition) is 0. The third kappa shape index (κ3) is 3.04. The molecule has 3 aromatic rings. The van der Waals surface area contributed by atoms with Crippen molar-refractivity contribution in [2.45, 2.75) is 19.8 Å². The molecule has 1 aliphatic heterocycles. The first-order chi connectivity index (χ1) is 13.2. The van der Waals surface area contributed by atoms with Crippen LogP contribution in [0.4, 0.5) is 14.5 Å². The van der Waals surface area contributed by atoms with E-state index in [0.717, 1.165) is 9.36 Å². The van der Waals surface area contributed by atoms with Crippen LogP contribution in [0.25, 0.3) is 5.69 Å². The number of tetrazole rings is 1. The zero-order valence-electron chi connectivity index (χ0n) is 14.2. The Hall–Kier alpha value is -3.83. The molecule has 0 atom stereocenters. The lowest BCUT2D eigenvalue weighted by atomic mass is 10.1. The van der Waals surface area contributed by atoms with Gasteiger partial charge in [0.15, 0.2) is 11.5 Å². The van der Waals surface area contributed by atoms with Gasteiger partial charge in [0.2, 0.25) is 0 Å². The van der Waals surface area contributed by atoms with Gasteiger partial charge in [-0.2, -0.15) is 9.36 Å². The lowest BCUT2D eigenvalue weighted by Crippen LogP contribution is -2.26. The number of nitrogens with zero attached hydrogens (tertiary/aromatic N) is 5. The number of fused-ring (bicyclic) bond motifs is 1. The molecule has 12 heteroatoms. The maximum Gasteiger partial charge on any atom is 0.586 e. The van der Waals surface area contributed by atoms with Gasteiger partial charge in [-0.15, -0.1) is 8.78 Å². The van der Waals surface area contributed by atoms with Crippen LogP contribution in [0.3, 0.4) is 0 Å². The Morgan fingerprint density at radius 1 is 1.14 bits per heavy atom. The molecule has 0 fully saturated rings. The summed E-state index contributed by atoms with van der Waals surface area (Å²) in [5, 5.41) is 18.4. The van der Waals surface area contributed by atoms with Gasteiger partial charge in [0.25, 0.3) is 5.69 Å². The summed E-state index contributed by atoms with van der Waals surface area (Å²) in [6.07, 6.45) is -3.77.